The van der Waals surface area contributed by atoms with Gasteiger partial charge in [-0.15, -0.1) is 0 Å². The number of rotatable bonds is 7. The zero-order valence-electron chi connectivity index (χ0n) is 14.0. The van der Waals surface area contributed by atoms with Crippen LogP contribution in [0.2, 0.25) is 0 Å². The Kier molecular flexibility index (Phi) is 6.11. The molecule has 1 N–H and O–H groups in total. The lowest BCUT2D eigenvalue weighted by molar-refractivity contribution is -0.135. The van der Waals surface area contributed by atoms with Crippen molar-refractivity contribution in [3.8, 4) is 0 Å². The third-order valence-corrected chi connectivity index (χ3v) is 4.37. The minimum atomic E-state index is -0.882. The Hall–Kier alpha value is -1.94. The lowest BCUT2D eigenvalue weighted by atomic mass is 9.78. The van der Waals surface area contributed by atoms with Gasteiger partial charge in [0.2, 0.25) is 0 Å². The lowest BCUT2D eigenvalue weighted by Gasteiger charge is -2.34. The Morgan fingerprint density at radius 1 is 1.35 bits per heavy atom. The summed E-state index contributed by atoms with van der Waals surface area (Å²) in [5.74, 6) is -0.882. The normalized spacial score (nSPS) is 16.5. The molecular weight excluding hydrogens is 288 g/mol. The van der Waals surface area contributed by atoms with E-state index in [1.807, 2.05) is 6.07 Å². The van der Waals surface area contributed by atoms with E-state index < -0.39 is 5.97 Å². The largest absolute Gasteiger partial charge is 0.480 e. The zero-order valence-corrected chi connectivity index (χ0v) is 14.0. The third-order valence-electron chi connectivity index (χ3n) is 4.37. The first-order valence-corrected chi connectivity index (χ1v) is 8.13. The van der Waals surface area contributed by atoms with Crippen molar-refractivity contribution in [2.24, 2.45) is 10.4 Å². The topological polar surface area (TPSA) is 52.9 Å². The van der Waals surface area contributed by atoms with Crippen LogP contribution < -0.4 is 0 Å². The van der Waals surface area contributed by atoms with Crippen molar-refractivity contribution in [3.63, 3.8) is 0 Å². The molecule has 1 aromatic carbocycles. The number of hydrogen-bond donors (Lipinski definition) is 1. The van der Waals surface area contributed by atoms with Crippen LogP contribution in [0.4, 0.5) is 0 Å². The van der Waals surface area contributed by atoms with E-state index in [2.05, 4.69) is 54.1 Å². The Bertz CT molecular complexity index is 576. The van der Waals surface area contributed by atoms with Crippen LogP contribution in [0.25, 0.3) is 0 Å². The molecule has 1 aromatic rings. The quantitative estimate of drug-likeness (QED) is 0.620. The van der Waals surface area contributed by atoms with Gasteiger partial charge >= 0.3 is 5.97 Å². The molecule has 4 heteroatoms. The number of hydrogen-bond acceptors (Lipinski definition) is 3. The summed E-state index contributed by atoms with van der Waals surface area (Å²) in [6, 6.07) is 10.6. The van der Waals surface area contributed by atoms with E-state index in [0.717, 1.165) is 32.5 Å². The van der Waals surface area contributed by atoms with Crippen molar-refractivity contribution in [1.82, 2.24) is 4.90 Å². The molecule has 1 aliphatic heterocycles. The van der Waals surface area contributed by atoms with Crippen molar-refractivity contribution in [1.29, 1.82) is 0 Å². The molecule has 1 heterocycles. The number of aliphatic imine (C=N–C) groups is 1. The molecule has 0 amide bonds. The molecule has 0 saturated heterocycles. The van der Waals surface area contributed by atoms with Gasteiger partial charge in [0.05, 0.1) is 0 Å². The Labute approximate surface area is 138 Å². The maximum Gasteiger partial charge on any atom is 0.325 e. The second-order valence-electron chi connectivity index (χ2n) is 6.71. The molecule has 0 bridgehead atoms. The third kappa shape index (κ3) is 5.64. The maximum absolute atomic E-state index is 10.5. The predicted molar refractivity (Wildman–Crippen MR) is 93.8 cm³/mol. The van der Waals surface area contributed by atoms with Gasteiger partial charge in [-0.25, -0.2) is 0 Å². The highest BCUT2D eigenvalue weighted by atomic mass is 16.4. The van der Waals surface area contributed by atoms with Gasteiger partial charge in [-0.3, -0.25) is 14.7 Å². The van der Waals surface area contributed by atoms with Crippen LogP contribution in [0, 0.1) is 5.41 Å². The fraction of sp³-hybridized carbons (Fsp3) is 0.474. The molecule has 1 aliphatic rings. The van der Waals surface area contributed by atoms with Gasteiger partial charge in [0.15, 0.2) is 0 Å². The minimum Gasteiger partial charge on any atom is -0.480 e. The first-order valence-electron chi connectivity index (χ1n) is 8.13. The average molecular weight is 314 g/mol. The average Bonchev–Trinajstić information content (AvgIpc) is 2.53. The smallest absolute Gasteiger partial charge is 0.325 e. The first-order chi connectivity index (χ1) is 11.0. The molecule has 2 rings (SSSR count). The van der Waals surface area contributed by atoms with E-state index in [9.17, 15) is 4.79 Å². The molecule has 0 aliphatic carbocycles. The van der Waals surface area contributed by atoms with Crippen LogP contribution in [0.15, 0.2) is 47.0 Å². The van der Waals surface area contributed by atoms with Gasteiger partial charge in [0, 0.05) is 25.8 Å². The van der Waals surface area contributed by atoms with Gasteiger partial charge in [-0.05, 0) is 23.8 Å². The molecule has 0 spiro atoms. The highest BCUT2D eigenvalue weighted by molar-refractivity contribution is 5.72. The van der Waals surface area contributed by atoms with Crippen LogP contribution in [0.5, 0.6) is 0 Å². The van der Waals surface area contributed by atoms with E-state index in [-0.39, 0.29) is 12.0 Å². The summed E-state index contributed by atoms with van der Waals surface area (Å²) in [5.41, 5.74) is 2.84. The zero-order chi connectivity index (χ0) is 16.7. The molecular formula is C19H26N2O2. The number of nitrogens with zero attached hydrogens (tertiary/aromatic N) is 2. The van der Waals surface area contributed by atoms with Gasteiger partial charge in [-0.1, -0.05) is 55.8 Å². The van der Waals surface area contributed by atoms with Crippen LogP contribution in [0.3, 0.4) is 0 Å². The molecule has 0 unspecified atom stereocenters. The van der Waals surface area contributed by atoms with E-state index in [4.69, 9.17) is 5.11 Å². The minimum absolute atomic E-state index is 0.0425. The van der Waals surface area contributed by atoms with Crippen molar-refractivity contribution in [2.45, 2.75) is 33.2 Å². The molecule has 0 saturated carbocycles. The number of carbonyl (C=O) groups is 1. The Morgan fingerprint density at radius 3 is 2.70 bits per heavy atom. The van der Waals surface area contributed by atoms with E-state index in [1.54, 1.807) is 6.21 Å². The van der Waals surface area contributed by atoms with Crippen LogP contribution in [-0.2, 0) is 11.3 Å². The van der Waals surface area contributed by atoms with Crippen molar-refractivity contribution >= 4 is 12.2 Å². The van der Waals surface area contributed by atoms with E-state index >= 15 is 0 Å². The standard InChI is InChI=1S/C19H26N2O2/c1-19(2,10-11-20-14-18(22)23)17-8-12-21(13-9-17)15-16-6-4-3-5-7-16/h3-8,11H,9-10,12-15H2,1-2H3,(H,22,23). The predicted octanol–water partition coefficient (Wildman–Crippen LogP) is 3.39. The second kappa shape index (κ2) is 8.06. The van der Waals surface area contributed by atoms with E-state index in [1.165, 1.54) is 11.1 Å². The molecule has 0 fully saturated rings. The Balaban J connectivity index is 1.87. The molecule has 23 heavy (non-hydrogen) atoms. The second-order valence-corrected chi connectivity index (χ2v) is 6.71. The number of aliphatic carboxylic acids is 1. The van der Waals surface area contributed by atoms with E-state index in [0.29, 0.717) is 0 Å². The summed E-state index contributed by atoms with van der Waals surface area (Å²) in [6.45, 7) is 7.30. The summed E-state index contributed by atoms with van der Waals surface area (Å²) in [6.07, 6.45) is 5.93. The highest BCUT2D eigenvalue weighted by Crippen LogP contribution is 2.33. The summed E-state index contributed by atoms with van der Waals surface area (Å²) in [7, 11) is 0. The molecule has 4 nitrogen and oxygen atoms in total. The Morgan fingerprint density at radius 2 is 2.09 bits per heavy atom. The fourth-order valence-corrected chi connectivity index (χ4v) is 2.88. The van der Waals surface area contributed by atoms with Crippen LogP contribution in [0.1, 0.15) is 32.3 Å². The summed E-state index contributed by atoms with van der Waals surface area (Å²) >= 11 is 0. The van der Waals surface area contributed by atoms with Gasteiger partial charge in [-0.2, -0.15) is 0 Å². The number of carboxylic acids is 1. The van der Waals surface area contributed by atoms with Crippen molar-refractivity contribution < 1.29 is 9.90 Å². The maximum atomic E-state index is 10.5. The van der Waals surface area contributed by atoms with Gasteiger partial charge in [0.25, 0.3) is 0 Å². The monoisotopic (exact) mass is 314 g/mol. The molecule has 0 aromatic heterocycles. The summed E-state index contributed by atoms with van der Waals surface area (Å²) in [4.78, 5) is 16.9. The van der Waals surface area contributed by atoms with Crippen molar-refractivity contribution in [3.05, 3.63) is 47.5 Å². The fourth-order valence-electron chi connectivity index (χ4n) is 2.88. The molecule has 0 radical (unpaired) electrons. The number of benzene rings is 1. The highest BCUT2D eigenvalue weighted by Gasteiger charge is 2.25. The van der Waals surface area contributed by atoms with Crippen LogP contribution >= 0.6 is 0 Å². The SMILES string of the molecule is CC(C)(CC=NCC(=O)O)C1=CCN(Cc2ccccc2)CC1. The van der Waals surface area contributed by atoms with Gasteiger partial charge < -0.3 is 5.11 Å². The first kappa shape index (κ1) is 17.4. The molecule has 0 atom stereocenters. The van der Waals surface area contributed by atoms with Gasteiger partial charge in [0.1, 0.15) is 6.54 Å². The number of carboxylic acid groups (broad SMARTS) is 1. The molecule has 124 valence electrons. The summed E-state index contributed by atoms with van der Waals surface area (Å²) in [5, 5.41) is 8.61. The van der Waals surface area contributed by atoms with Crippen molar-refractivity contribution in [2.75, 3.05) is 19.6 Å². The lowest BCUT2D eigenvalue weighted by Crippen LogP contribution is -2.31. The summed E-state index contributed by atoms with van der Waals surface area (Å²) < 4.78 is 0. The van der Waals surface area contributed by atoms with Crippen LogP contribution in [-0.4, -0.2) is 41.8 Å².